The molecule has 0 fully saturated rings. The van der Waals surface area contributed by atoms with Gasteiger partial charge < -0.3 is 13.9 Å². The van der Waals surface area contributed by atoms with E-state index in [9.17, 15) is 0 Å². The van der Waals surface area contributed by atoms with Crippen molar-refractivity contribution in [3.63, 3.8) is 0 Å². The highest BCUT2D eigenvalue weighted by atomic mass is 32.1. The zero-order chi connectivity index (χ0) is 36.7. The van der Waals surface area contributed by atoms with E-state index in [2.05, 4.69) is 198 Å². The lowest BCUT2D eigenvalue weighted by Gasteiger charge is -2.25. The number of benzene rings is 9. The lowest BCUT2D eigenvalue weighted by atomic mass is 9.98. The summed E-state index contributed by atoms with van der Waals surface area (Å²) in [6, 6.07) is 70.2. The molecule has 4 heteroatoms. The van der Waals surface area contributed by atoms with E-state index < -0.39 is 0 Å². The lowest BCUT2D eigenvalue weighted by molar-refractivity contribution is 0.669. The van der Waals surface area contributed by atoms with E-state index in [0.717, 1.165) is 44.7 Å². The van der Waals surface area contributed by atoms with E-state index in [1.807, 2.05) is 17.4 Å². The second-order valence-electron chi connectivity index (χ2n) is 14.5. The first kappa shape index (κ1) is 31.2. The van der Waals surface area contributed by atoms with Crippen molar-refractivity contribution in [3.05, 3.63) is 194 Å². The normalized spacial score (nSPS) is 11.9. The van der Waals surface area contributed by atoms with Gasteiger partial charge in [0, 0.05) is 64.5 Å². The maximum atomic E-state index is 6.32. The molecule has 12 aromatic rings. The summed E-state index contributed by atoms with van der Waals surface area (Å²) < 4.78 is 11.3. The highest BCUT2D eigenvalue weighted by Gasteiger charge is 2.19. The van der Waals surface area contributed by atoms with Crippen molar-refractivity contribution in [2.24, 2.45) is 0 Å². The van der Waals surface area contributed by atoms with E-state index in [0.29, 0.717) is 0 Å². The van der Waals surface area contributed by atoms with Crippen molar-refractivity contribution in [2.45, 2.75) is 0 Å². The molecular formula is C52H32N2OS. The number of nitrogens with zero attached hydrogens (tertiary/aromatic N) is 2. The zero-order valence-corrected chi connectivity index (χ0v) is 31.0. The van der Waals surface area contributed by atoms with Gasteiger partial charge in [-0.15, -0.1) is 11.3 Å². The van der Waals surface area contributed by atoms with Gasteiger partial charge in [-0.2, -0.15) is 0 Å². The summed E-state index contributed by atoms with van der Waals surface area (Å²) in [7, 11) is 0. The Balaban J connectivity index is 1.04. The number of anilines is 3. The Hall–Kier alpha value is -7.14. The van der Waals surface area contributed by atoms with Gasteiger partial charge in [0.1, 0.15) is 11.2 Å². The molecule has 3 heterocycles. The molecule has 3 nitrogen and oxygen atoms in total. The van der Waals surface area contributed by atoms with E-state index in [1.165, 1.54) is 63.9 Å². The van der Waals surface area contributed by atoms with Gasteiger partial charge in [0.2, 0.25) is 0 Å². The molecule has 0 radical (unpaired) electrons. The average Bonchev–Trinajstić information content (AvgIpc) is 3.92. The standard InChI is InChI=1S/C52H32N2OS/c1-4-12-36(13-5-1)53(37-14-6-2-7-15-37)39-23-25-42-41-24-20-34(30-50(41)56-51(42)31-39)33-21-26-46-45(28-33)52-43-32-44-40-18-10-11-19-48(40)55-49(44)29-35(43)22-27-47(52)54(46)38-16-8-3-9-17-38/h1-32H. The van der Waals surface area contributed by atoms with Gasteiger partial charge in [-0.1, -0.05) is 103 Å². The molecule has 262 valence electrons. The van der Waals surface area contributed by atoms with Crippen molar-refractivity contribution < 1.29 is 4.42 Å². The van der Waals surface area contributed by atoms with Crippen LogP contribution >= 0.6 is 11.3 Å². The minimum atomic E-state index is 0.917. The third-order valence-electron chi connectivity index (χ3n) is 11.3. The van der Waals surface area contributed by atoms with Crippen LogP contribution in [0.3, 0.4) is 0 Å². The Kier molecular flexibility index (Phi) is 6.80. The van der Waals surface area contributed by atoms with E-state index in [4.69, 9.17) is 4.42 Å². The van der Waals surface area contributed by atoms with Gasteiger partial charge in [0.05, 0.1) is 11.0 Å². The molecule has 0 amide bonds. The van der Waals surface area contributed by atoms with Crippen LogP contribution < -0.4 is 4.90 Å². The first-order chi connectivity index (χ1) is 27.7. The molecule has 0 saturated carbocycles. The van der Waals surface area contributed by atoms with Crippen LogP contribution in [0, 0.1) is 0 Å². The van der Waals surface area contributed by atoms with Crippen LogP contribution in [-0.2, 0) is 0 Å². The molecule has 0 aliphatic heterocycles. The van der Waals surface area contributed by atoms with Gasteiger partial charge in [-0.05, 0) is 113 Å². The van der Waals surface area contributed by atoms with Crippen molar-refractivity contribution >= 4 is 103 Å². The molecule has 0 aliphatic carbocycles. The molecule has 0 atom stereocenters. The van der Waals surface area contributed by atoms with Crippen LogP contribution in [0.25, 0.3) is 91.5 Å². The molecule has 9 aromatic carbocycles. The van der Waals surface area contributed by atoms with Crippen LogP contribution in [0.1, 0.15) is 0 Å². The van der Waals surface area contributed by atoms with Gasteiger partial charge in [0.15, 0.2) is 0 Å². The SMILES string of the molecule is c1ccc(N(c2ccccc2)c2ccc3c(c2)sc2cc(-c4ccc5c(c4)c4c6cc7c(cc6ccc4n5-c4ccccc4)oc4ccccc47)ccc23)cc1. The number of hydrogen-bond acceptors (Lipinski definition) is 3. The fraction of sp³-hybridized carbons (Fsp3) is 0. The summed E-state index contributed by atoms with van der Waals surface area (Å²) in [5.74, 6) is 0. The predicted octanol–water partition coefficient (Wildman–Crippen LogP) is 15.3. The molecule has 56 heavy (non-hydrogen) atoms. The van der Waals surface area contributed by atoms with Crippen molar-refractivity contribution in [3.8, 4) is 16.8 Å². The van der Waals surface area contributed by atoms with Gasteiger partial charge in [-0.25, -0.2) is 0 Å². The largest absolute Gasteiger partial charge is 0.456 e. The van der Waals surface area contributed by atoms with E-state index in [-0.39, 0.29) is 0 Å². The van der Waals surface area contributed by atoms with Crippen LogP contribution in [0.2, 0.25) is 0 Å². The smallest absolute Gasteiger partial charge is 0.136 e. The summed E-state index contributed by atoms with van der Waals surface area (Å²) in [6.45, 7) is 0. The minimum absolute atomic E-state index is 0.917. The molecule has 0 spiro atoms. The van der Waals surface area contributed by atoms with Crippen LogP contribution in [0.4, 0.5) is 17.1 Å². The lowest BCUT2D eigenvalue weighted by Crippen LogP contribution is -2.09. The van der Waals surface area contributed by atoms with E-state index in [1.54, 1.807) is 0 Å². The van der Waals surface area contributed by atoms with Crippen molar-refractivity contribution in [1.82, 2.24) is 4.57 Å². The van der Waals surface area contributed by atoms with Gasteiger partial charge in [-0.3, -0.25) is 0 Å². The number of para-hydroxylation sites is 4. The number of fused-ring (bicyclic) bond motifs is 11. The maximum Gasteiger partial charge on any atom is 0.136 e. The van der Waals surface area contributed by atoms with Crippen molar-refractivity contribution in [2.75, 3.05) is 4.90 Å². The molecule has 0 saturated heterocycles. The fourth-order valence-corrected chi connectivity index (χ4v) is 9.96. The number of aromatic nitrogens is 1. The number of thiophene rings is 1. The minimum Gasteiger partial charge on any atom is -0.456 e. The molecule has 0 aliphatic rings. The Labute approximate surface area is 326 Å². The van der Waals surface area contributed by atoms with Crippen LogP contribution in [-0.4, -0.2) is 4.57 Å². The number of furan rings is 1. The Morgan fingerprint density at radius 3 is 1.82 bits per heavy atom. The third-order valence-corrected chi connectivity index (χ3v) is 12.4. The molecule has 0 unspecified atom stereocenters. The Bertz CT molecular complexity index is 3430. The number of rotatable bonds is 5. The molecule has 3 aromatic heterocycles. The quantitative estimate of drug-likeness (QED) is 0.176. The highest BCUT2D eigenvalue weighted by molar-refractivity contribution is 7.25. The summed E-state index contributed by atoms with van der Waals surface area (Å²) in [4.78, 5) is 2.33. The maximum absolute atomic E-state index is 6.32. The first-order valence-corrected chi connectivity index (χ1v) is 19.8. The monoisotopic (exact) mass is 732 g/mol. The molecule has 12 rings (SSSR count). The molecular weight excluding hydrogens is 701 g/mol. The Morgan fingerprint density at radius 2 is 1.04 bits per heavy atom. The van der Waals surface area contributed by atoms with Gasteiger partial charge >= 0.3 is 0 Å². The predicted molar refractivity (Wildman–Crippen MR) is 239 cm³/mol. The van der Waals surface area contributed by atoms with Gasteiger partial charge in [0.25, 0.3) is 0 Å². The molecule has 0 N–H and O–H groups in total. The van der Waals surface area contributed by atoms with Crippen LogP contribution in [0.15, 0.2) is 199 Å². The zero-order valence-electron chi connectivity index (χ0n) is 30.2. The fourth-order valence-electron chi connectivity index (χ4n) is 8.78. The first-order valence-electron chi connectivity index (χ1n) is 19.0. The average molecular weight is 733 g/mol. The van der Waals surface area contributed by atoms with Crippen molar-refractivity contribution in [1.29, 1.82) is 0 Å². The second kappa shape index (κ2) is 12.2. The second-order valence-corrected chi connectivity index (χ2v) is 15.6. The third kappa shape index (κ3) is 4.76. The van der Waals surface area contributed by atoms with Crippen LogP contribution in [0.5, 0.6) is 0 Å². The summed E-state index contributed by atoms with van der Waals surface area (Å²) >= 11 is 1.87. The molecule has 0 bridgehead atoms. The Morgan fingerprint density at radius 1 is 0.393 bits per heavy atom. The highest BCUT2D eigenvalue weighted by Crippen LogP contribution is 2.44. The topological polar surface area (TPSA) is 21.3 Å². The summed E-state index contributed by atoms with van der Waals surface area (Å²) in [5.41, 5.74) is 11.2. The summed E-state index contributed by atoms with van der Waals surface area (Å²) in [6.07, 6.45) is 0. The number of hydrogen-bond donors (Lipinski definition) is 0. The summed E-state index contributed by atoms with van der Waals surface area (Å²) in [5, 5.41) is 9.76. The van der Waals surface area contributed by atoms with E-state index >= 15 is 0 Å².